The number of fused-ring (bicyclic) bond motifs is 45. The van der Waals surface area contributed by atoms with Crippen molar-refractivity contribution >= 4 is 69.4 Å². The van der Waals surface area contributed by atoms with Crippen LogP contribution in [-0.2, 0) is 0 Å². The van der Waals surface area contributed by atoms with Gasteiger partial charge in [0.15, 0.2) is 15.3 Å². The summed E-state index contributed by atoms with van der Waals surface area (Å²) in [7, 11) is 0. The molecule has 0 aromatic rings. The number of aliphatic imine (C=N–C) groups is 1. The number of isothiocyanates is 1. The first-order chi connectivity index (χ1) is 45.7. The Morgan fingerprint density at radius 1 is 0.362 bits per heavy atom. The molecule has 94 heavy (non-hydrogen) atoms. The average Bonchev–Trinajstić information content (AvgIpc) is 1.08. The number of azide groups is 1. The van der Waals surface area contributed by atoms with Gasteiger partial charge in [-0.3, -0.25) is 0 Å². The van der Waals surface area contributed by atoms with Crippen LogP contribution in [0.25, 0.3) is 10.4 Å². The van der Waals surface area contributed by atoms with Crippen LogP contribution in [0, 0.1) is 16.2 Å². The van der Waals surface area contributed by atoms with Crippen molar-refractivity contribution in [1.82, 2.24) is 128 Å². The first kappa shape index (κ1) is 83.8. The van der Waals surface area contributed by atoms with Crippen molar-refractivity contribution in [3.05, 3.63) is 10.4 Å². The van der Waals surface area contributed by atoms with Gasteiger partial charge in [0.1, 0.15) is 0 Å². The fourth-order valence-corrected chi connectivity index (χ4v) is 13.1. The maximum absolute atomic E-state index is 8.37. The number of nitrogens with zero attached hydrogens (tertiary/aromatic N) is 4. The highest BCUT2D eigenvalue weighted by Crippen LogP contribution is 2.16. The molecule has 9 heterocycles. The molecule has 0 saturated carbocycles. The van der Waals surface area contributed by atoms with Crippen LogP contribution in [0.3, 0.4) is 0 Å². The van der Waals surface area contributed by atoms with Gasteiger partial charge >= 0.3 is 0 Å². The number of nitrogens with one attached hydrogen (secondary N) is 24. The SMILES string of the molecule is CC12CNCCNCC(NC(=S)NCCCCN)(CNCCNC1)CNCCNC2.CC12CNCCNCC(NC(=S)NCCCCN=C=S)(CNCCNC1)CNCCNC2.CC12CNCCNCC(NC(=S)NCCCCN=[N+]=[N-])(CNCCNC1)CNCCNC2. The molecule has 0 aromatic carbocycles. The molecule has 9 aliphatic heterocycles. The second-order valence-corrected chi connectivity index (χ2v) is 28.8. The Kier molecular flexibility index (Phi) is 46.0. The van der Waals surface area contributed by atoms with Gasteiger partial charge in [-0.05, 0) is 99.5 Å². The van der Waals surface area contributed by atoms with Crippen molar-refractivity contribution in [2.24, 2.45) is 32.1 Å². The minimum atomic E-state index is -0.252. The zero-order valence-electron chi connectivity index (χ0n) is 57.9. The van der Waals surface area contributed by atoms with Gasteiger partial charge in [0.05, 0.1) is 21.8 Å². The summed E-state index contributed by atoms with van der Waals surface area (Å²) in [6.45, 7) is 44.4. The van der Waals surface area contributed by atoms with Crippen LogP contribution in [0.2, 0.25) is 0 Å². The Morgan fingerprint density at radius 3 is 0.787 bits per heavy atom. The van der Waals surface area contributed by atoms with Crippen LogP contribution in [-0.4, -0.2) is 312 Å². The predicted octanol–water partition coefficient (Wildman–Crippen LogP) is -5.01. The smallest absolute Gasteiger partial charge is 0.166 e. The molecule has 0 radical (unpaired) electrons. The molecule has 33 heteroatoms. The van der Waals surface area contributed by atoms with E-state index in [-0.39, 0.29) is 32.9 Å². The van der Waals surface area contributed by atoms with Gasteiger partial charge in [-0.25, -0.2) is 4.99 Å². The minimum absolute atomic E-state index is 0.179. The quantitative estimate of drug-likeness (QED) is 0.0162. The minimum Gasteiger partial charge on any atom is -0.363 e. The summed E-state index contributed by atoms with van der Waals surface area (Å²) in [5.41, 5.74) is 13.8. The van der Waals surface area contributed by atoms with E-state index in [4.69, 9.17) is 47.9 Å². The topological polar surface area (TPSA) is 376 Å². The molecule has 0 atom stereocenters. The maximum Gasteiger partial charge on any atom is 0.166 e. The fourth-order valence-electron chi connectivity index (χ4n) is 12.0. The summed E-state index contributed by atoms with van der Waals surface area (Å²) in [5.74, 6) is 0. The molecule has 9 saturated heterocycles. The van der Waals surface area contributed by atoms with Crippen LogP contribution in [0.5, 0.6) is 0 Å². The van der Waals surface area contributed by atoms with E-state index in [2.05, 4.69) is 181 Å². The predicted molar refractivity (Wildman–Crippen MR) is 406 cm³/mol. The molecule has 26 N–H and O–H groups in total. The summed E-state index contributed by atoms with van der Waals surface area (Å²) < 4.78 is 0. The van der Waals surface area contributed by atoms with E-state index in [1.54, 1.807) is 0 Å². The number of hydrogen-bond acceptors (Lipinski definition) is 25. The second kappa shape index (κ2) is 51.6. The second-order valence-electron chi connectivity index (χ2n) is 27.4. The Labute approximate surface area is 587 Å². The third kappa shape index (κ3) is 39.3. The largest absolute Gasteiger partial charge is 0.363 e. The third-order valence-corrected chi connectivity index (χ3v) is 18.4. The molecule has 0 spiro atoms. The Bertz CT molecular complexity index is 1860. The molecule has 0 unspecified atom stereocenters. The van der Waals surface area contributed by atoms with Crippen LogP contribution in [0.15, 0.2) is 10.1 Å². The lowest BCUT2D eigenvalue weighted by Crippen LogP contribution is -2.67. The standard InChI is InChI=1S/C21H43N9S2.C20H43N11S.C20H45N9S/c1-20-12-22-6-9-25-15-21(16-26-10-7-23-13-20,17-27-11-8-24-14-20)30-19(32)29-5-3-2-4-28-18-31;1-19-12-22-6-9-25-15-20(16-26-10-7-23-13-19,17-27-11-8-24-14-19)30-18(32)28-4-2-3-5-29-31-21;1-19-12-22-6-9-25-15-20(16-26-10-7-23-13-19,17-27-11-8-24-14-19)29-18(30)28-5-3-2-4-21/h22-27H,2-17H2,1H3,(H2,29,30,32);22-27H,2-17H2,1H3,(H2,28,30,32);22-27H,2-17,21H2,1H3,(H2,28,29,30). The summed E-state index contributed by atoms with van der Waals surface area (Å²) in [4.78, 5) is 6.75. The van der Waals surface area contributed by atoms with Gasteiger partial charge in [-0.1, -0.05) is 25.9 Å². The van der Waals surface area contributed by atoms with Gasteiger partial charge in [0.2, 0.25) is 0 Å². The molecule has 9 fully saturated rings. The molecule has 0 aliphatic carbocycles. The van der Waals surface area contributed by atoms with Gasteiger partial charge in [-0.15, -0.1) is 0 Å². The summed E-state index contributed by atoms with van der Waals surface area (Å²) in [5, 5.41) is 94.4. The van der Waals surface area contributed by atoms with E-state index in [0.29, 0.717) is 21.9 Å². The van der Waals surface area contributed by atoms with Crippen molar-refractivity contribution in [1.29, 1.82) is 0 Å². The van der Waals surface area contributed by atoms with Gasteiger partial charge in [0, 0.05) is 289 Å². The molecule has 29 nitrogen and oxygen atoms in total. The van der Waals surface area contributed by atoms with Crippen molar-refractivity contribution in [3.63, 3.8) is 0 Å². The van der Waals surface area contributed by atoms with E-state index < -0.39 is 0 Å². The zero-order valence-corrected chi connectivity index (χ0v) is 61.2. The molecule has 0 amide bonds. The van der Waals surface area contributed by atoms with Gasteiger partial charge in [-0.2, -0.15) is 0 Å². The van der Waals surface area contributed by atoms with Crippen molar-refractivity contribution in [2.45, 2.75) is 75.9 Å². The van der Waals surface area contributed by atoms with Crippen molar-refractivity contribution < 1.29 is 0 Å². The molecule has 544 valence electrons. The normalized spacial score (nSPS) is 29.1. The number of thiocarbonyl (C=S) groups is 4. The van der Waals surface area contributed by atoms with E-state index >= 15 is 0 Å². The Balaban J connectivity index is 0.000000300. The molecule has 6 bridgehead atoms. The molecule has 0 aromatic heterocycles. The molecular weight excluding hydrogens is 1270 g/mol. The molecule has 9 aliphatic rings. The van der Waals surface area contributed by atoms with Crippen molar-refractivity contribution in [2.75, 3.05) is 275 Å². The highest BCUT2D eigenvalue weighted by molar-refractivity contribution is 7.80. The first-order valence-corrected chi connectivity index (χ1v) is 37.0. The van der Waals surface area contributed by atoms with E-state index in [0.717, 1.165) is 307 Å². The van der Waals surface area contributed by atoms with Gasteiger partial charge < -0.3 is 133 Å². The summed E-state index contributed by atoms with van der Waals surface area (Å²) in [6.07, 6.45) is 5.76. The summed E-state index contributed by atoms with van der Waals surface area (Å²) in [6, 6.07) is 0. The lowest BCUT2D eigenvalue weighted by Gasteiger charge is -2.38. The number of nitrogens with two attached hydrogens (primary N) is 1. The van der Waals surface area contributed by atoms with Crippen LogP contribution < -0.4 is 133 Å². The number of rotatable bonds is 17. The van der Waals surface area contributed by atoms with Crippen LogP contribution in [0.1, 0.15) is 59.3 Å². The highest BCUT2D eigenvalue weighted by Gasteiger charge is 2.35. The summed E-state index contributed by atoms with van der Waals surface area (Å²) >= 11 is 21.5. The van der Waals surface area contributed by atoms with E-state index in [1.165, 1.54) is 0 Å². The van der Waals surface area contributed by atoms with E-state index in [9.17, 15) is 0 Å². The zero-order chi connectivity index (χ0) is 67.5. The first-order valence-electron chi connectivity index (χ1n) is 35.4. The van der Waals surface area contributed by atoms with Crippen molar-refractivity contribution in [3.8, 4) is 0 Å². The third-order valence-electron chi connectivity index (χ3n) is 17.6. The monoisotopic (exact) mass is 1400 g/mol. The average molecular weight is 1400 g/mol. The van der Waals surface area contributed by atoms with Gasteiger partial charge in [0.25, 0.3) is 0 Å². The highest BCUT2D eigenvalue weighted by atomic mass is 32.1. The Morgan fingerprint density at radius 2 is 0.574 bits per heavy atom. The maximum atomic E-state index is 8.37. The van der Waals surface area contributed by atoms with Crippen LogP contribution in [0.4, 0.5) is 0 Å². The number of hydrogen-bond donors (Lipinski definition) is 25. The molecule has 9 rings (SSSR count). The molecular formula is C61H131N29S4. The van der Waals surface area contributed by atoms with E-state index in [1.807, 2.05) is 0 Å². The number of unbranched alkanes of at least 4 members (excludes halogenated alkanes) is 3. The van der Waals surface area contributed by atoms with Crippen LogP contribution >= 0.6 is 48.9 Å². The lowest BCUT2D eigenvalue weighted by molar-refractivity contribution is 0.260. The fraction of sp³-hybridized carbons (Fsp3) is 0.934. The lowest BCUT2D eigenvalue weighted by atomic mass is 9.90. The Hall–Kier alpha value is -2.58.